The predicted octanol–water partition coefficient (Wildman–Crippen LogP) is 9.40. The van der Waals surface area contributed by atoms with Crippen LogP contribution >= 0.6 is 24.4 Å². The van der Waals surface area contributed by atoms with E-state index in [2.05, 4.69) is 126 Å². The molecule has 5 heterocycles. The first-order valence-electron chi connectivity index (χ1n) is 13.7. The Balaban J connectivity index is 1.59. The van der Waals surface area contributed by atoms with Gasteiger partial charge in [-0.25, -0.2) is 9.97 Å². The molecule has 2 aliphatic heterocycles. The van der Waals surface area contributed by atoms with Crippen molar-refractivity contribution in [1.29, 1.82) is 0 Å². The van der Waals surface area contributed by atoms with Crippen LogP contribution in [0, 0.1) is 0 Å². The second kappa shape index (κ2) is 11.3. The summed E-state index contributed by atoms with van der Waals surface area (Å²) in [4.78, 5) is 18.8. The topological polar surface area (TPSA) is 57.4 Å². The molecule has 41 heavy (non-hydrogen) atoms. The van der Waals surface area contributed by atoms with Gasteiger partial charge in [0, 0.05) is 33.2 Å². The van der Waals surface area contributed by atoms with Gasteiger partial charge in [0.05, 0.1) is 27.7 Å². The summed E-state index contributed by atoms with van der Waals surface area (Å²) in [5.41, 5.74) is 12.2. The molecule has 200 valence electrons. The Morgan fingerprint density at radius 1 is 0.585 bits per heavy atom. The van der Waals surface area contributed by atoms with Crippen molar-refractivity contribution >= 4 is 70.8 Å². The average Bonchev–Trinajstić information content (AvgIpc) is 3.83. The quantitative estimate of drug-likeness (QED) is 0.106. The van der Waals surface area contributed by atoms with Crippen molar-refractivity contribution in [2.24, 2.45) is 0 Å². The minimum atomic E-state index is 0.846. The first kappa shape index (κ1) is 25.7. The second-order valence-corrected chi connectivity index (χ2v) is 11.5. The number of aromatic nitrogens is 4. The van der Waals surface area contributed by atoms with Crippen molar-refractivity contribution in [2.45, 2.75) is 11.3 Å². The number of benzene rings is 2. The van der Waals surface area contributed by atoms with Gasteiger partial charge in [-0.05, 0) is 83.7 Å². The van der Waals surface area contributed by atoms with E-state index < -0.39 is 0 Å². The zero-order valence-electron chi connectivity index (χ0n) is 22.3. The van der Waals surface area contributed by atoms with Crippen molar-refractivity contribution in [1.82, 2.24) is 19.9 Å². The number of fused-ring (bicyclic) bond motifs is 8. The molecular formula is C35H28N4S2. The third kappa shape index (κ3) is 5.17. The van der Waals surface area contributed by atoms with E-state index in [4.69, 9.17) is 9.97 Å². The molecule has 6 heteroatoms. The first-order chi connectivity index (χ1) is 20.3. The lowest BCUT2D eigenvalue weighted by Crippen LogP contribution is -1.91. The van der Waals surface area contributed by atoms with Gasteiger partial charge < -0.3 is 9.97 Å². The number of nitrogens with one attached hydrogen (secondary N) is 2. The van der Waals surface area contributed by atoms with Crippen LogP contribution in [0.4, 0.5) is 0 Å². The highest BCUT2D eigenvalue weighted by atomic mass is 32.2. The van der Waals surface area contributed by atoms with Crippen LogP contribution in [-0.2, 0) is 0 Å². The summed E-state index contributed by atoms with van der Waals surface area (Å²) in [6, 6.07) is 31.6. The maximum atomic E-state index is 5.22. The van der Waals surface area contributed by atoms with E-state index in [1.165, 1.54) is 0 Å². The number of H-pyrrole nitrogens is 2. The van der Waals surface area contributed by atoms with Crippen LogP contribution < -0.4 is 0 Å². The summed E-state index contributed by atoms with van der Waals surface area (Å²) in [6.07, 6.45) is 9.52. The van der Waals surface area contributed by atoms with Crippen LogP contribution in [0.5, 0.6) is 0 Å². The van der Waals surface area contributed by atoms with Crippen LogP contribution in [0.15, 0.2) is 95.9 Å². The molecule has 0 amide bonds. The van der Waals surface area contributed by atoms with E-state index >= 15 is 0 Å². The molecule has 0 aliphatic carbocycles. The molecule has 5 aromatic rings. The Morgan fingerprint density at radius 2 is 1.07 bits per heavy atom. The van der Waals surface area contributed by atoms with Crippen LogP contribution in [0.3, 0.4) is 0 Å². The maximum absolute atomic E-state index is 5.22. The second-order valence-electron chi connectivity index (χ2n) is 9.97. The number of aromatic amines is 2. The average molecular weight is 569 g/mol. The molecule has 0 saturated carbocycles. The van der Waals surface area contributed by atoms with Crippen LogP contribution in [0.25, 0.3) is 68.6 Å². The highest BCUT2D eigenvalue weighted by Gasteiger charge is 2.17. The standard InChI is InChI=1S/C35H28N4S2/c40-20-7-21-41-35-31-18-16-29(38-31)33(23-8-3-1-4-9-23)27-14-12-25(36-27)22-26-13-15-28(37-26)34(24-10-5-2-6-11-24)30-17-19-32(35)39-30/h1-6,8-19,22,36-37,40H,7,20-21H2. The number of thioether (sulfide) groups is 1. The lowest BCUT2D eigenvalue weighted by molar-refractivity contribution is 1.12. The molecule has 0 saturated heterocycles. The molecule has 0 radical (unpaired) electrons. The highest BCUT2D eigenvalue weighted by molar-refractivity contribution is 7.99. The van der Waals surface area contributed by atoms with E-state index in [1.54, 1.807) is 11.8 Å². The molecule has 2 N–H and O–H groups in total. The summed E-state index contributed by atoms with van der Waals surface area (Å²) >= 11 is 6.26. The fourth-order valence-corrected chi connectivity index (χ4v) is 6.71. The predicted molar refractivity (Wildman–Crippen MR) is 179 cm³/mol. The van der Waals surface area contributed by atoms with E-state index in [0.29, 0.717) is 0 Å². The fraction of sp³-hybridized carbons (Fsp3) is 0.0857. The van der Waals surface area contributed by atoms with Crippen LogP contribution in [0.1, 0.15) is 29.2 Å². The number of nitrogens with zero attached hydrogens (tertiary/aromatic N) is 2. The SMILES string of the molecule is SCCCSc1c2nc(c(-c3ccccc3)c3ccc(cc4ccc([nH]4)c(-c4ccccc4)c4nc1C=C4)[nH]3)C=C2. The Morgan fingerprint density at radius 3 is 1.56 bits per heavy atom. The van der Waals surface area contributed by atoms with Crippen molar-refractivity contribution in [3.8, 4) is 22.3 Å². The summed E-state index contributed by atoms with van der Waals surface area (Å²) in [5.74, 6) is 1.79. The Labute approximate surface area is 248 Å². The molecule has 8 bridgehead atoms. The Kier molecular flexibility index (Phi) is 7.09. The Bertz CT molecular complexity index is 1820. The number of rotatable bonds is 6. The van der Waals surface area contributed by atoms with Crippen molar-refractivity contribution in [3.63, 3.8) is 0 Å². The van der Waals surface area contributed by atoms with E-state index in [-0.39, 0.29) is 0 Å². The van der Waals surface area contributed by atoms with Crippen molar-refractivity contribution < 1.29 is 0 Å². The smallest absolute Gasteiger partial charge is 0.0795 e. The first-order valence-corrected chi connectivity index (χ1v) is 15.4. The Hall–Kier alpha value is -4.26. The van der Waals surface area contributed by atoms with Gasteiger partial charge in [-0.2, -0.15) is 12.6 Å². The van der Waals surface area contributed by atoms with Gasteiger partial charge in [0.25, 0.3) is 0 Å². The molecule has 2 aliphatic rings. The summed E-state index contributed by atoms with van der Waals surface area (Å²) in [7, 11) is 0. The van der Waals surface area contributed by atoms with Gasteiger partial charge in [0.2, 0.25) is 0 Å². The van der Waals surface area contributed by atoms with Gasteiger partial charge in [0.1, 0.15) is 0 Å². The van der Waals surface area contributed by atoms with E-state index in [9.17, 15) is 0 Å². The molecule has 2 aromatic carbocycles. The van der Waals surface area contributed by atoms with Gasteiger partial charge in [-0.3, -0.25) is 0 Å². The number of hydrogen-bond donors (Lipinski definition) is 3. The van der Waals surface area contributed by atoms with Crippen molar-refractivity contribution in [2.75, 3.05) is 11.5 Å². The zero-order chi connectivity index (χ0) is 27.6. The molecule has 0 unspecified atom stereocenters. The molecular weight excluding hydrogens is 541 g/mol. The van der Waals surface area contributed by atoms with Gasteiger partial charge in [-0.1, -0.05) is 60.7 Å². The van der Waals surface area contributed by atoms with Gasteiger partial charge in [-0.15, -0.1) is 11.8 Å². The maximum Gasteiger partial charge on any atom is 0.0795 e. The lowest BCUT2D eigenvalue weighted by atomic mass is 10.0. The molecule has 0 spiro atoms. The third-order valence-electron chi connectivity index (χ3n) is 7.20. The fourth-order valence-electron chi connectivity index (χ4n) is 5.32. The molecule has 0 atom stereocenters. The minimum absolute atomic E-state index is 0.846. The van der Waals surface area contributed by atoms with Gasteiger partial charge >= 0.3 is 0 Å². The molecule has 7 rings (SSSR count). The minimum Gasteiger partial charge on any atom is -0.355 e. The lowest BCUT2D eigenvalue weighted by Gasteiger charge is -2.05. The number of thiol groups is 1. The van der Waals surface area contributed by atoms with E-state index in [1.807, 2.05) is 12.1 Å². The van der Waals surface area contributed by atoms with E-state index in [0.717, 1.165) is 89.9 Å². The monoisotopic (exact) mass is 568 g/mol. The summed E-state index contributed by atoms with van der Waals surface area (Å²) in [5, 5.41) is 0. The van der Waals surface area contributed by atoms with Crippen LogP contribution in [-0.4, -0.2) is 31.4 Å². The van der Waals surface area contributed by atoms with Crippen molar-refractivity contribution in [3.05, 3.63) is 114 Å². The zero-order valence-corrected chi connectivity index (χ0v) is 24.1. The number of hydrogen-bond acceptors (Lipinski definition) is 4. The third-order valence-corrected chi connectivity index (χ3v) is 8.71. The molecule has 4 nitrogen and oxygen atoms in total. The molecule has 3 aromatic heterocycles. The molecule has 0 fully saturated rings. The van der Waals surface area contributed by atoms with Crippen LogP contribution in [0.2, 0.25) is 0 Å². The summed E-state index contributed by atoms with van der Waals surface area (Å²) < 4.78 is 0. The largest absolute Gasteiger partial charge is 0.355 e. The highest BCUT2D eigenvalue weighted by Crippen LogP contribution is 2.36. The normalized spacial score (nSPS) is 12.2. The van der Waals surface area contributed by atoms with Gasteiger partial charge in [0.15, 0.2) is 0 Å². The summed E-state index contributed by atoms with van der Waals surface area (Å²) in [6.45, 7) is 0.